The number of piperidine rings is 1. The predicted octanol–water partition coefficient (Wildman–Crippen LogP) is 1.14. The third-order valence-electron chi connectivity index (χ3n) is 3.38. The number of anilines is 1. The number of nitrogens with one attached hydrogen (secondary N) is 2. The molecule has 2 heterocycles. The molecule has 0 aromatic carbocycles. The summed E-state index contributed by atoms with van der Waals surface area (Å²) in [6.45, 7) is 4.22. The lowest BCUT2D eigenvalue weighted by Crippen LogP contribution is -2.42. The summed E-state index contributed by atoms with van der Waals surface area (Å²) in [6, 6.07) is -0.0122. The van der Waals surface area contributed by atoms with E-state index in [0.29, 0.717) is 30.9 Å². The molecule has 2 rings (SSSR count). The maximum atomic E-state index is 11.3. The van der Waals surface area contributed by atoms with Crippen LogP contribution in [0.3, 0.4) is 0 Å². The molecular formula is C12H19N5O3. The average Bonchev–Trinajstić information content (AvgIpc) is 2.70. The van der Waals surface area contributed by atoms with Gasteiger partial charge in [-0.3, -0.25) is 14.9 Å². The summed E-state index contributed by atoms with van der Waals surface area (Å²) in [4.78, 5) is 22.0. The molecule has 1 aliphatic rings. The summed E-state index contributed by atoms with van der Waals surface area (Å²) in [7, 11) is 1.68. The van der Waals surface area contributed by atoms with Gasteiger partial charge in [-0.1, -0.05) is 13.8 Å². The van der Waals surface area contributed by atoms with Crippen LogP contribution in [0.1, 0.15) is 38.3 Å². The van der Waals surface area contributed by atoms with E-state index in [-0.39, 0.29) is 23.6 Å². The first-order valence-corrected chi connectivity index (χ1v) is 6.64. The van der Waals surface area contributed by atoms with Crippen LogP contribution in [0.2, 0.25) is 0 Å². The van der Waals surface area contributed by atoms with Crippen molar-refractivity contribution in [2.75, 3.05) is 11.9 Å². The summed E-state index contributed by atoms with van der Waals surface area (Å²) in [5.74, 6) is 0.397. The molecule has 1 aromatic rings. The third-order valence-corrected chi connectivity index (χ3v) is 3.38. The molecule has 0 bridgehead atoms. The largest absolute Gasteiger partial charge is 0.360 e. The van der Waals surface area contributed by atoms with Crippen molar-refractivity contribution in [2.45, 2.75) is 38.6 Å². The van der Waals surface area contributed by atoms with Gasteiger partial charge in [0.1, 0.15) is 5.69 Å². The van der Waals surface area contributed by atoms with Gasteiger partial charge in [-0.25, -0.2) is 4.68 Å². The zero-order valence-electron chi connectivity index (χ0n) is 11.8. The monoisotopic (exact) mass is 281 g/mol. The SMILES string of the molecule is CC(C)c1nn(C)c(NC2CCC(=O)NC2)c1[N+](=O)[O-]. The first-order chi connectivity index (χ1) is 9.40. The minimum atomic E-state index is -0.397. The van der Waals surface area contributed by atoms with E-state index in [2.05, 4.69) is 15.7 Å². The van der Waals surface area contributed by atoms with Crippen LogP contribution < -0.4 is 10.6 Å². The highest BCUT2D eigenvalue weighted by atomic mass is 16.6. The van der Waals surface area contributed by atoms with Gasteiger partial charge in [0.25, 0.3) is 0 Å². The molecular weight excluding hydrogens is 262 g/mol. The molecule has 1 aliphatic heterocycles. The average molecular weight is 281 g/mol. The molecule has 1 unspecified atom stereocenters. The van der Waals surface area contributed by atoms with Gasteiger partial charge in [0.15, 0.2) is 0 Å². The third kappa shape index (κ3) is 2.73. The van der Waals surface area contributed by atoms with Crippen molar-refractivity contribution in [2.24, 2.45) is 7.05 Å². The fourth-order valence-corrected chi connectivity index (χ4v) is 2.31. The number of aryl methyl sites for hydroxylation is 1. The van der Waals surface area contributed by atoms with Crippen molar-refractivity contribution < 1.29 is 9.72 Å². The van der Waals surface area contributed by atoms with Crippen LogP contribution in [-0.4, -0.2) is 33.2 Å². The zero-order valence-corrected chi connectivity index (χ0v) is 11.8. The van der Waals surface area contributed by atoms with Gasteiger partial charge >= 0.3 is 5.69 Å². The summed E-state index contributed by atoms with van der Waals surface area (Å²) in [5, 5.41) is 21.4. The van der Waals surface area contributed by atoms with Crippen LogP contribution >= 0.6 is 0 Å². The summed E-state index contributed by atoms with van der Waals surface area (Å²) < 4.78 is 1.50. The van der Waals surface area contributed by atoms with Crippen LogP contribution in [-0.2, 0) is 11.8 Å². The van der Waals surface area contributed by atoms with Crippen LogP contribution in [0.25, 0.3) is 0 Å². The lowest BCUT2D eigenvalue weighted by molar-refractivity contribution is -0.384. The van der Waals surface area contributed by atoms with Crippen LogP contribution in [0.15, 0.2) is 0 Å². The Morgan fingerprint density at radius 1 is 1.55 bits per heavy atom. The Hall–Kier alpha value is -2.12. The number of carbonyl (C=O) groups is 1. The van der Waals surface area contributed by atoms with Crippen LogP contribution in [0.4, 0.5) is 11.5 Å². The van der Waals surface area contributed by atoms with Crippen molar-refractivity contribution in [1.82, 2.24) is 15.1 Å². The number of hydrogen-bond donors (Lipinski definition) is 2. The van der Waals surface area contributed by atoms with Gasteiger partial charge in [0, 0.05) is 32.0 Å². The minimum absolute atomic E-state index is 0.0122. The Labute approximate surface area is 116 Å². The number of amides is 1. The van der Waals surface area contributed by atoms with Gasteiger partial charge in [0.2, 0.25) is 11.7 Å². The quantitative estimate of drug-likeness (QED) is 0.636. The second-order valence-corrected chi connectivity index (χ2v) is 5.30. The van der Waals surface area contributed by atoms with E-state index >= 15 is 0 Å². The van der Waals surface area contributed by atoms with E-state index in [1.54, 1.807) is 7.05 Å². The number of rotatable bonds is 4. The predicted molar refractivity (Wildman–Crippen MR) is 73.6 cm³/mol. The van der Waals surface area contributed by atoms with Gasteiger partial charge in [-0.2, -0.15) is 5.10 Å². The van der Waals surface area contributed by atoms with Crippen molar-refractivity contribution >= 4 is 17.4 Å². The fraction of sp³-hybridized carbons (Fsp3) is 0.667. The maximum absolute atomic E-state index is 11.3. The van der Waals surface area contributed by atoms with E-state index in [1.165, 1.54) is 4.68 Å². The van der Waals surface area contributed by atoms with Crippen LogP contribution in [0, 0.1) is 10.1 Å². The summed E-state index contributed by atoms with van der Waals surface area (Å²) in [5.41, 5.74) is 0.499. The Bertz CT molecular complexity index is 527. The standard InChI is InChI=1S/C12H19N5O3/c1-7(2)10-11(17(19)20)12(16(3)15-10)14-8-4-5-9(18)13-6-8/h7-8,14H,4-6H2,1-3H3,(H,13,18). The van der Waals surface area contributed by atoms with Gasteiger partial charge in [-0.15, -0.1) is 0 Å². The lowest BCUT2D eigenvalue weighted by atomic mass is 10.1. The van der Waals surface area contributed by atoms with Crippen LogP contribution in [0.5, 0.6) is 0 Å². The van der Waals surface area contributed by atoms with E-state index in [0.717, 1.165) is 0 Å². The molecule has 2 N–H and O–H groups in total. The molecule has 8 nitrogen and oxygen atoms in total. The second-order valence-electron chi connectivity index (χ2n) is 5.30. The first-order valence-electron chi connectivity index (χ1n) is 6.64. The van der Waals surface area contributed by atoms with E-state index in [9.17, 15) is 14.9 Å². The van der Waals surface area contributed by atoms with E-state index in [4.69, 9.17) is 0 Å². The number of nitrogens with zero attached hydrogens (tertiary/aromatic N) is 3. The molecule has 0 radical (unpaired) electrons. The Morgan fingerprint density at radius 3 is 2.75 bits per heavy atom. The fourth-order valence-electron chi connectivity index (χ4n) is 2.31. The zero-order chi connectivity index (χ0) is 14.9. The van der Waals surface area contributed by atoms with Crippen molar-refractivity contribution in [3.8, 4) is 0 Å². The second kappa shape index (κ2) is 5.48. The van der Waals surface area contributed by atoms with E-state index in [1.807, 2.05) is 13.8 Å². The van der Waals surface area contributed by atoms with Gasteiger partial charge in [0.05, 0.1) is 4.92 Å². The molecule has 20 heavy (non-hydrogen) atoms. The topological polar surface area (TPSA) is 102 Å². The minimum Gasteiger partial charge on any atom is -0.360 e. The van der Waals surface area contributed by atoms with Crippen molar-refractivity contribution in [1.29, 1.82) is 0 Å². The molecule has 0 spiro atoms. The lowest BCUT2D eigenvalue weighted by Gasteiger charge is -2.23. The molecule has 1 saturated heterocycles. The molecule has 110 valence electrons. The van der Waals surface area contributed by atoms with Crippen molar-refractivity contribution in [3.63, 3.8) is 0 Å². The molecule has 1 amide bonds. The van der Waals surface area contributed by atoms with Gasteiger partial charge in [-0.05, 0) is 6.42 Å². The molecule has 1 aromatic heterocycles. The molecule has 8 heteroatoms. The van der Waals surface area contributed by atoms with E-state index < -0.39 is 4.92 Å². The van der Waals surface area contributed by atoms with Gasteiger partial charge < -0.3 is 10.6 Å². The highest BCUT2D eigenvalue weighted by Gasteiger charge is 2.30. The highest BCUT2D eigenvalue weighted by Crippen LogP contribution is 2.33. The molecule has 0 aliphatic carbocycles. The Morgan fingerprint density at radius 2 is 2.25 bits per heavy atom. The normalized spacial score (nSPS) is 19.0. The first kappa shape index (κ1) is 14.3. The molecule has 0 saturated carbocycles. The number of hydrogen-bond acceptors (Lipinski definition) is 5. The summed E-state index contributed by atoms with van der Waals surface area (Å²) >= 11 is 0. The van der Waals surface area contributed by atoms with Crippen molar-refractivity contribution in [3.05, 3.63) is 15.8 Å². The number of carbonyl (C=O) groups excluding carboxylic acids is 1. The molecule has 1 atom stereocenters. The highest BCUT2D eigenvalue weighted by molar-refractivity contribution is 5.77. The number of aromatic nitrogens is 2. The Kier molecular flexibility index (Phi) is 3.91. The summed E-state index contributed by atoms with van der Waals surface area (Å²) in [6.07, 6.45) is 1.09. The smallest absolute Gasteiger partial charge is 0.334 e. The molecule has 1 fully saturated rings. The number of nitro groups is 1. The maximum Gasteiger partial charge on any atom is 0.334 e. The Balaban J connectivity index is 2.26.